The van der Waals surface area contributed by atoms with Crippen LogP contribution in [0.5, 0.6) is 5.75 Å². The van der Waals surface area contributed by atoms with Crippen molar-refractivity contribution in [1.29, 1.82) is 0 Å². The van der Waals surface area contributed by atoms with Gasteiger partial charge in [-0.25, -0.2) is 24.3 Å². The molecular formula is C46H55FN16O3. The Kier molecular flexibility index (Phi) is 13.4. The van der Waals surface area contributed by atoms with Gasteiger partial charge in [0.15, 0.2) is 23.1 Å². The summed E-state index contributed by atoms with van der Waals surface area (Å²) in [6, 6.07) is 19.0. The Morgan fingerprint density at radius 3 is 2.52 bits per heavy atom. The van der Waals surface area contributed by atoms with Crippen LogP contribution in [0.4, 0.5) is 44.7 Å². The molecule has 0 saturated carbocycles. The molecule has 2 aromatic carbocycles. The van der Waals surface area contributed by atoms with Gasteiger partial charge < -0.3 is 41.1 Å². The molecule has 1 atom stereocenters. The zero-order valence-electron chi connectivity index (χ0n) is 39.9. The van der Waals surface area contributed by atoms with E-state index in [2.05, 4.69) is 71.2 Å². The predicted molar refractivity (Wildman–Crippen MR) is 251 cm³/mol. The second-order valence-corrected chi connectivity index (χ2v) is 16.1. The van der Waals surface area contributed by atoms with Crippen molar-refractivity contribution in [1.82, 2.24) is 55.4 Å². The van der Waals surface area contributed by atoms with E-state index < -0.39 is 12.9 Å². The highest BCUT2D eigenvalue weighted by atomic mass is 19.1. The van der Waals surface area contributed by atoms with Crippen molar-refractivity contribution >= 4 is 52.1 Å². The van der Waals surface area contributed by atoms with Gasteiger partial charge in [0.05, 0.1) is 29.6 Å². The van der Waals surface area contributed by atoms with Crippen molar-refractivity contribution in [2.75, 3.05) is 92.2 Å². The Morgan fingerprint density at radius 1 is 0.848 bits per heavy atom. The van der Waals surface area contributed by atoms with Gasteiger partial charge in [0.1, 0.15) is 35.9 Å². The van der Waals surface area contributed by atoms with Crippen LogP contribution in [0.1, 0.15) is 57.1 Å². The molecule has 0 radical (unpaired) electrons. The number of nitrogens with zero attached hydrogens (tertiary/aromatic N) is 11. The molecule has 8 rings (SSSR count). The van der Waals surface area contributed by atoms with E-state index in [1.807, 2.05) is 17.4 Å². The Morgan fingerprint density at radius 2 is 1.73 bits per heavy atom. The van der Waals surface area contributed by atoms with Crippen LogP contribution in [0.15, 0.2) is 85.6 Å². The van der Waals surface area contributed by atoms with E-state index in [1.54, 1.807) is 66.8 Å². The molecule has 19 nitrogen and oxygen atoms in total. The fourth-order valence-electron chi connectivity index (χ4n) is 8.10. The predicted octanol–water partition coefficient (Wildman–Crippen LogP) is 5.25. The van der Waals surface area contributed by atoms with Crippen LogP contribution in [-0.4, -0.2) is 129 Å². The molecule has 6 heterocycles. The van der Waals surface area contributed by atoms with Crippen LogP contribution in [0.25, 0.3) is 11.4 Å². The highest BCUT2D eigenvalue weighted by Crippen LogP contribution is 2.37. The van der Waals surface area contributed by atoms with E-state index in [0.717, 1.165) is 95.2 Å². The zero-order valence-corrected chi connectivity index (χ0v) is 36.9. The number of methoxy groups -OCH3 is 1. The lowest BCUT2D eigenvalue weighted by molar-refractivity contribution is 0.0946. The number of ether oxygens (including phenoxy) is 1. The lowest BCUT2D eigenvalue weighted by Crippen LogP contribution is -2.47. The number of para-hydroxylation sites is 1. The molecule has 0 aliphatic carbocycles. The topological polar surface area (TPSA) is 208 Å². The van der Waals surface area contributed by atoms with E-state index in [1.165, 1.54) is 25.4 Å². The minimum Gasteiger partial charge on any atom is -0.494 e. The maximum atomic E-state index is 13.9. The molecule has 344 valence electrons. The number of unbranched alkanes of at least 4 members (excludes halogenated alkanes) is 2. The monoisotopic (exact) mass is 901 g/mol. The molecule has 6 aromatic rings. The van der Waals surface area contributed by atoms with E-state index in [-0.39, 0.29) is 35.0 Å². The first-order chi connectivity index (χ1) is 33.4. The molecule has 66 heavy (non-hydrogen) atoms. The van der Waals surface area contributed by atoms with Crippen LogP contribution in [0.2, 0.25) is 0 Å². The molecule has 0 bridgehead atoms. The van der Waals surface area contributed by atoms with Gasteiger partial charge in [0, 0.05) is 94.0 Å². The second-order valence-electron chi connectivity index (χ2n) is 16.1. The van der Waals surface area contributed by atoms with Crippen molar-refractivity contribution in [2.45, 2.75) is 38.1 Å². The third-order valence-electron chi connectivity index (χ3n) is 11.5. The number of aromatic nitrogens is 8. The summed E-state index contributed by atoms with van der Waals surface area (Å²) < 4.78 is 43.7. The van der Waals surface area contributed by atoms with Gasteiger partial charge in [-0.3, -0.25) is 19.2 Å². The Balaban J connectivity index is 0.772. The van der Waals surface area contributed by atoms with Crippen LogP contribution in [0, 0.1) is 5.82 Å². The first-order valence-corrected chi connectivity index (χ1v) is 22.0. The maximum Gasteiger partial charge on any atom is 0.273 e. The third kappa shape index (κ3) is 11.4. The number of nitrogens with one attached hydrogen (secondary N) is 5. The van der Waals surface area contributed by atoms with Crippen molar-refractivity contribution in [3.63, 3.8) is 0 Å². The number of piperazine rings is 1. The van der Waals surface area contributed by atoms with Crippen LogP contribution in [0.3, 0.4) is 0 Å². The minimum absolute atomic E-state index is 0.117. The number of rotatable bonds is 18. The number of carbonyl (C=O) groups is 2. The van der Waals surface area contributed by atoms with Gasteiger partial charge in [-0.05, 0) is 74.7 Å². The zero-order chi connectivity index (χ0) is 48.3. The quantitative estimate of drug-likeness (QED) is 0.0698. The number of benzene rings is 2. The second kappa shape index (κ2) is 21.5. The van der Waals surface area contributed by atoms with E-state index in [9.17, 15) is 14.0 Å². The number of amides is 2. The van der Waals surface area contributed by atoms with Crippen molar-refractivity contribution < 1.29 is 22.8 Å². The summed E-state index contributed by atoms with van der Waals surface area (Å²) in [5.41, 5.74) is 2.11. The summed E-state index contributed by atoms with van der Waals surface area (Å²) >= 11 is 0. The molecule has 20 heteroatoms. The van der Waals surface area contributed by atoms with Gasteiger partial charge in [0.2, 0.25) is 0 Å². The minimum atomic E-state index is -2.77. The summed E-state index contributed by atoms with van der Waals surface area (Å²) in [4.78, 5) is 50.8. The van der Waals surface area contributed by atoms with Crippen molar-refractivity contribution in [3.05, 3.63) is 103 Å². The number of pyridine rings is 1. The van der Waals surface area contributed by atoms with Crippen LogP contribution in [-0.2, 0) is 7.05 Å². The Labute approximate surface area is 386 Å². The Bertz CT molecular complexity index is 2700. The fraction of sp³-hybridized carbons (Fsp3) is 0.370. The summed E-state index contributed by atoms with van der Waals surface area (Å²) in [7, 11) is 3.22. The van der Waals surface area contributed by atoms with Crippen LogP contribution >= 0.6 is 0 Å². The number of anilines is 7. The van der Waals surface area contributed by atoms with E-state index >= 15 is 0 Å². The molecule has 0 spiro atoms. The number of piperidine rings is 1. The molecule has 2 aliphatic heterocycles. The lowest BCUT2D eigenvalue weighted by atomic mass is 10.0. The van der Waals surface area contributed by atoms with Crippen molar-refractivity contribution in [3.8, 4) is 17.1 Å². The first-order valence-electron chi connectivity index (χ1n) is 23.5. The third-order valence-corrected chi connectivity index (χ3v) is 11.5. The van der Waals surface area contributed by atoms with Gasteiger partial charge in [-0.15, -0.1) is 10.2 Å². The van der Waals surface area contributed by atoms with Crippen LogP contribution < -0.4 is 41.1 Å². The van der Waals surface area contributed by atoms with Crippen molar-refractivity contribution in [2.24, 2.45) is 7.05 Å². The first kappa shape index (κ1) is 41.2. The Hall–Kier alpha value is -7.48. The normalized spacial score (nSPS) is 16.1. The fourth-order valence-corrected chi connectivity index (χ4v) is 8.10. The molecule has 0 unspecified atom stereocenters. The standard InChI is InChI=1S/C46H55FN16O3/c1-48-46(65)42-37(55-36-14-8-13-35(43(36)66-3)44-53-30-60(2)59-44)25-40(57-58-42)56-38-16-15-31(27-50-38)45(64)49-17-5-4-6-18-61-20-22-62(23-21-61)41-26-39(51-29-52-41)54-33-11-9-19-63(28-33)34-12-7-10-32(47)24-34/h7-8,10,12-16,24-27,29-30,33H,4-6,9,11,17-23,28H2,1-3H3,(H,48,65)(H,49,64)(H,51,52,54)(H2,50,55,56,57)/t33-/m1/s1/i1D3. The highest BCUT2D eigenvalue weighted by Gasteiger charge is 2.23. The van der Waals surface area contributed by atoms with E-state index in [0.29, 0.717) is 40.8 Å². The summed E-state index contributed by atoms with van der Waals surface area (Å²) in [5, 5.41) is 27.2. The molecular weight excluding hydrogens is 844 g/mol. The summed E-state index contributed by atoms with van der Waals surface area (Å²) in [5.74, 6) is 1.57. The van der Waals surface area contributed by atoms with E-state index in [4.69, 9.17) is 8.85 Å². The lowest BCUT2D eigenvalue weighted by Gasteiger charge is -2.36. The number of hydrogen-bond donors (Lipinski definition) is 5. The average Bonchev–Trinajstić information content (AvgIpc) is 3.78. The molecule has 2 fully saturated rings. The number of halogens is 1. The van der Waals surface area contributed by atoms with Gasteiger partial charge in [0.25, 0.3) is 11.8 Å². The largest absolute Gasteiger partial charge is 0.494 e. The molecule has 4 aromatic heterocycles. The highest BCUT2D eigenvalue weighted by molar-refractivity contribution is 5.99. The molecule has 2 saturated heterocycles. The number of aryl methyl sites for hydroxylation is 1. The molecule has 5 N–H and O–H groups in total. The van der Waals surface area contributed by atoms with Gasteiger partial charge in [-0.2, -0.15) is 5.10 Å². The molecule has 2 aliphatic rings. The maximum absolute atomic E-state index is 13.9. The smallest absolute Gasteiger partial charge is 0.273 e. The SMILES string of the molecule is [2H]C([2H])([2H])NC(=O)c1nnc(Nc2ccc(C(=O)NCCCCCN3CCN(c4cc(N[C@@H]5CCCN(c6cccc(F)c6)C5)ncn4)CC3)cn2)cc1Nc1cccc(-c2ncn(C)n2)c1OC. The summed E-state index contributed by atoms with van der Waals surface area (Å²) in [6.07, 6.45) is 9.47. The van der Waals surface area contributed by atoms with Gasteiger partial charge >= 0.3 is 0 Å². The number of carbonyl (C=O) groups excluding carboxylic acids is 2. The molecule has 2 amide bonds. The summed E-state index contributed by atoms with van der Waals surface area (Å²) in [6.45, 7) is 4.01. The number of hydrogen-bond acceptors (Lipinski definition) is 16. The average molecular weight is 902 g/mol. The van der Waals surface area contributed by atoms with Gasteiger partial charge in [-0.1, -0.05) is 18.6 Å².